The van der Waals surface area contributed by atoms with Crippen molar-refractivity contribution < 1.29 is 0 Å². The lowest BCUT2D eigenvalue weighted by Gasteiger charge is -2.23. The standard InChI is InChI=1S/C15H15N3/c1-10-7-11(8-16)5-6-12(10)13-3-2-4-15-14(13)9-17-18-15/h5-7,9,13H,2-4H2,1H3,(H,17,18). The van der Waals surface area contributed by atoms with Crippen molar-refractivity contribution in [2.24, 2.45) is 0 Å². The molecule has 3 heteroatoms. The second-order valence-electron chi connectivity index (χ2n) is 4.93. The molecule has 1 unspecified atom stereocenters. The fourth-order valence-corrected chi connectivity index (χ4v) is 2.92. The first kappa shape index (κ1) is 11.0. The molecule has 1 atom stereocenters. The van der Waals surface area contributed by atoms with E-state index in [2.05, 4.69) is 29.3 Å². The van der Waals surface area contributed by atoms with Crippen LogP contribution in [0.3, 0.4) is 0 Å². The third kappa shape index (κ3) is 1.70. The monoisotopic (exact) mass is 237 g/mol. The van der Waals surface area contributed by atoms with E-state index in [1.165, 1.54) is 35.2 Å². The Kier molecular flexibility index (Phi) is 2.64. The van der Waals surface area contributed by atoms with Crippen LogP contribution in [0.4, 0.5) is 0 Å². The van der Waals surface area contributed by atoms with Crippen LogP contribution >= 0.6 is 0 Å². The Balaban J connectivity index is 2.05. The van der Waals surface area contributed by atoms with Crippen molar-refractivity contribution in [2.75, 3.05) is 0 Å². The minimum Gasteiger partial charge on any atom is -0.282 e. The van der Waals surface area contributed by atoms with Crippen molar-refractivity contribution in [3.8, 4) is 6.07 Å². The maximum atomic E-state index is 8.92. The SMILES string of the molecule is Cc1cc(C#N)ccc1C1CCCc2[nH]ncc21. The van der Waals surface area contributed by atoms with Gasteiger partial charge in [-0.3, -0.25) is 5.10 Å². The summed E-state index contributed by atoms with van der Waals surface area (Å²) in [5, 5.41) is 16.2. The van der Waals surface area contributed by atoms with E-state index >= 15 is 0 Å². The number of nitriles is 1. The Hall–Kier alpha value is -2.08. The van der Waals surface area contributed by atoms with E-state index in [1.54, 1.807) is 0 Å². The fraction of sp³-hybridized carbons (Fsp3) is 0.333. The van der Waals surface area contributed by atoms with Crippen molar-refractivity contribution in [1.82, 2.24) is 10.2 Å². The number of rotatable bonds is 1. The minimum absolute atomic E-state index is 0.431. The summed E-state index contributed by atoms with van der Waals surface area (Å²) in [6, 6.07) is 8.18. The number of aromatic nitrogens is 2. The topological polar surface area (TPSA) is 52.5 Å². The van der Waals surface area contributed by atoms with Crippen molar-refractivity contribution in [3.05, 3.63) is 52.3 Å². The van der Waals surface area contributed by atoms with Gasteiger partial charge in [0.15, 0.2) is 0 Å². The summed E-state index contributed by atoms with van der Waals surface area (Å²) in [7, 11) is 0. The molecule has 3 nitrogen and oxygen atoms in total. The van der Waals surface area contributed by atoms with Gasteiger partial charge >= 0.3 is 0 Å². The van der Waals surface area contributed by atoms with Crippen LogP contribution in [0.1, 0.15) is 46.7 Å². The number of fused-ring (bicyclic) bond motifs is 1. The maximum absolute atomic E-state index is 8.92. The molecule has 0 aliphatic heterocycles. The van der Waals surface area contributed by atoms with Crippen LogP contribution in [-0.2, 0) is 6.42 Å². The number of hydrogen-bond donors (Lipinski definition) is 1. The highest BCUT2D eigenvalue weighted by Crippen LogP contribution is 2.37. The van der Waals surface area contributed by atoms with Gasteiger partial charge in [-0.25, -0.2) is 0 Å². The number of nitrogens with zero attached hydrogens (tertiary/aromatic N) is 2. The van der Waals surface area contributed by atoms with Crippen LogP contribution in [0.2, 0.25) is 0 Å². The molecule has 90 valence electrons. The average molecular weight is 237 g/mol. The molecule has 0 saturated carbocycles. The van der Waals surface area contributed by atoms with E-state index in [1.807, 2.05) is 18.3 Å². The van der Waals surface area contributed by atoms with Gasteiger partial charge in [-0.2, -0.15) is 10.4 Å². The van der Waals surface area contributed by atoms with E-state index < -0.39 is 0 Å². The van der Waals surface area contributed by atoms with E-state index in [9.17, 15) is 0 Å². The fourth-order valence-electron chi connectivity index (χ4n) is 2.92. The first-order chi connectivity index (χ1) is 8.79. The van der Waals surface area contributed by atoms with Crippen LogP contribution in [0.25, 0.3) is 0 Å². The summed E-state index contributed by atoms with van der Waals surface area (Å²) in [6.45, 7) is 2.09. The summed E-state index contributed by atoms with van der Waals surface area (Å²) < 4.78 is 0. The van der Waals surface area contributed by atoms with Gasteiger partial charge in [0.2, 0.25) is 0 Å². The highest BCUT2D eigenvalue weighted by Gasteiger charge is 2.24. The highest BCUT2D eigenvalue weighted by atomic mass is 15.1. The number of benzene rings is 1. The van der Waals surface area contributed by atoms with Gasteiger partial charge in [-0.1, -0.05) is 6.07 Å². The van der Waals surface area contributed by atoms with Gasteiger partial charge in [-0.05, 0) is 49.4 Å². The third-order valence-electron chi connectivity index (χ3n) is 3.82. The first-order valence-electron chi connectivity index (χ1n) is 6.32. The minimum atomic E-state index is 0.431. The molecule has 1 heterocycles. The van der Waals surface area contributed by atoms with E-state index in [4.69, 9.17) is 5.26 Å². The lowest BCUT2D eigenvalue weighted by Crippen LogP contribution is -2.11. The number of aryl methyl sites for hydroxylation is 2. The highest BCUT2D eigenvalue weighted by molar-refractivity contribution is 5.44. The molecule has 1 aliphatic rings. The summed E-state index contributed by atoms with van der Waals surface area (Å²) in [5.74, 6) is 0.431. The predicted octanol–water partition coefficient (Wildman–Crippen LogP) is 3.06. The number of hydrogen-bond acceptors (Lipinski definition) is 2. The quantitative estimate of drug-likeness (QED) is 0.828. The lowest BCUT2D eigenvalue weighted by molar-refractivity contribution is 0.608. The van der Waals surface area contributed by atoms with E-state index in [0.29, 0.717) is 5.92 Å². The zero-order chi connectivity index (χ0) is 12.5. The van der Waals surface area contributed by atoms with Gasteiger partial charge in [0, 0.05) is 17.2 Å². The zero-order valence-corrected chi connectivity index (χ0v) is 10.4. The molecular formula is C15H15N3. The molecule has 1 aromatic heterocycles. The summed E-state index contributed by atoms with van der Waals surface area (Å²) in [5.41, 5.74) is 5.87. The largest absolute Gasteiger partial charge is 0.282 e. The Bertz CT molecular complexity index is 619. The van der Waals surface area contributed by atoms with Crippen LogP contribution < -0.4 is 0 Å². The Morgan fingerprint density at radius 2 is 2.28 bits per heavy atom. The van der Waals surface area contributed by atoms with Gasteiger partial charge in [0.25, 0.3) is 0 Å². The molecule has 0 bridgehead atoms. The van der Waals surface area contributed by atoms with Crippen LogP contribution in [-0.4, -0.2) is 10.2 Å². The van der Waals surface area contributed by atoms with Crippen molar-refractivity contribution >= 4 is 0 Å². The smallest absolute Gasteiger partial charge is 0.0991 e. The summed E-state index contributed by atoms with van der Waals surface area (Å²) in [6.07, 6.45) is 5.41. The molecule has 0 spiro atoms. The van der Waals surface area contributed by atoms with Crippen LogP contribution in [0.15, 0.2) is 24.4 Å². The molecule has 3 rings (SSSR count). The summed E-state index contributed by atoms with van der Waals surface area (Å²) >= 11 is 0. The van der Waals surface area contributed by atoms with Gasteiger partial charge < -0.3 is 0 Å². The molecular weight excluding hydrogens is 222 g/mol. The van der Waals surface area contributed by atoms with Crippen molar-refractivity contribution in [2.45, 2.75) is 32.1 Å². The molecule has 0 saturated heterocycles. The predicted molar refractivity (Wildman–Crippen MR) is 69.3 cm³/mol. The van der Waals surface area contributed by atoms with Gasteiger partial charge in [0.05, 0.1) is 17.8 Å². The normalized spacial score (nSPS) is 18.1. The molecule has 1 aromatic carbocycles. The van der Waals surface area contributed by atoms with E-state index in [-0.39, 0.29) is 0 Å². The summed E-state index contributed by atoms with van der Waals surface area (Å²) in [4.78, 5) is 0. The maximum Gasteiger partial charge on any atom is 0.0991 e. The van der Waals surface area contributed by atoms with Crippen LogP contribution in [0, 0.1) is 18.3 Å². The Labute approximate surface area is 106 Å². The number of aromatic amines is 1. The van der Waals surface area contributed by atoms with Crippen LogP contribution in [0.5, 0.6) is 0 Å². The third-order valence-corrected chi connectivity index (χ3v) is 3.82. The molecule has 18 heavy (non-hydrogen) atoms. The first-order valence-corrected chi connectivity index (χ1v) is 6.32. The number of H-pyrrole nitrogens is 1. The number of nitrogens with one attached hydrogen (secondary N) is 1. The van der Waals surface area contributed by atoms with Crippen molar-refractivity contribution in [3.63, 3.8) is 0 Å². The van der Waals surface area contributed by atoms with Gasteiger partial charge in [-0.15, -0.1) is 0 Å². The zero-order valence-electron chi connectivity index (χ0n) is 10.4. The molecule has 0 fully saturated rings. The Morgan fingerprint density at radius 1 is 1.39 bits per heavy atom. The lowest BCUT2D eigenvalue weighted by atomic mass is 9.80. The van der Waals surface area contributed by atoms with Crippen molar-refractivity contribution in [1.29, 1.82) is 5.26 Å². The Morgan fingerprint density at radius 3 is 3.06 bits per heavy atom. The average Bonchev–Trinajstić information content (AvgIpc) is 2.87. The second kappa shape index (κ2) is 4.30. The van der Waals surface area contributed by atoms with Gasteiger partial charge in [0.1, 0.15) is 0 Å². The molecule has 0 amide bonds. The molecule has 2 aromatic rings. The molecule has 1 N–H and O–H groups in total. The second-order valence-corrected chi connectivity index (χ2v) is 4.93. The van der Waals surface area contributed by atoms with E-state index in [0.717, 1.165) is 12.0 Å². The molecule has 0 radical (unpaired) electrons. The molecule has 1 aliphatic carbocycles.